The van der Waals surface area contributed by atoms with Crippen LogP contribution in [0, 0.1) is 0 Å². The standard InChI is InChI=1S/C12H19N5O/c1-13-12(14-2)16-9-7-15-17(8-9)10-3-5-11(18)6-4-10/h7-8,10-11,18H,1,3-6H2,2H3,(H,14,16). The molecule has 0 spiro atoms. The van der Waals surface area contributed by atoms with Crippen LogP contribution in [0.2, 0.25) is 0 Å². The molecule has 0 atom stereocenters. The van der Waals surface area contributed by atoms with Gasteiger partial charge in [0.25, 0.3) is 0 Å². The number of guanidine groups is 1. The van der Waals surface area contributed by atoms with Crippen molar-refractivity contribution in [3.63, 3.8) is 0 Å². The van der Waals surface area contributed by atoms with Gasteiger partial charge in [-0.15, -0.1) is 0 Å². The summed E-state index contributed by atoms with van der Waals surface area (Å²) in [5.74, 6) is 0.480. The van der Waals surface area contributed by atoms with Crippen LogP contribution in [0.5, 0.6) is 0 Å². The van der Waals surface area contributed by atoms with E-state index in [9.17, 15) is 5.11 Å². The summed E-state index contributed by atoms with van der Waals surface area (Å²) >= 11 is 0. The summed E-state index contributed by atoms with van der Waals surface area (Å²) in [6.07, 6.45) is 7.19. The fourth-order valence-corrected chi connectivity index (χ4v) is 2.22. The van der Waals surface area contributed by atoms with Crippen LogP contribution < -0.4 is 5.32 Å². The molecule has 2 rings (SSSR count). The lowest BCUT2D eigenvalue weighted by Crippen LogP contribution is -2.21. The molecule has 1 saturated carbocycles. The Labute approximate surface area is 106 Å². The first-order chi connectivity index (χ1) is 8.72. The van der Waals surface area contributed by atoms with Crippen molar-refractivity contribution in [1.29, 1.82) is 0 Å². The Kier molecular flexibility index (Phi) is 4.09. The van der Waals surface area contributed by atoms with E-state index in [1.165, 1.54) is 0 Å². The number of anilines is 1. The number of nitrogens with one attached hydrogen (secondary N) is 1. The molecule has 0 radical (unpaired) electrons. The molecule has 1 fully saturated rings. The number of aromatic nitrogens is 2. The fraction of sp³-hybridized carbons (Fsp3) is 0.583. The predicted octanol–water partition coefficient (Wildman–Crippen LogP) is 1.46. The van der Waals surface area contributed by atoms with Gasteiger partial charge in [-0.05, 0) is 32.4 Å². The molecule has 1 aliphatic rings. The van der Waals surface area contributed by atoms with E-state index in [2.05, 4.69) is 27.1 Å². The summed E-state index contributed by atoms with van der Waals surface area (Å²) in [6, 6.07) is 0.377. The molecule has 6 heteroatoms. The van der Waals surface area contributed by atoms with Gasteiger partial charge in [0.15, 0.2) is 0 Å². The Bertz CT molecular complexity index is 431. The number of nitrogens with zero attached hydrogens (tertiary/aromatic N) is 4. The van der Waals surface area contributed by atoms with Crippen molar-refractivity contribution in [3.05, 3.63) is 12.4 Å². The van der Waals surface area contributed by atoms with Crippen LogP contribution in [0.25, 0.3) is 0 Å². The van der Waals surface area contributed by atoms with Gasteiger partial charge >= 0.3 is 0 Å². The Morgan fingerprint density at radius 2 is 2.22 bits per heavy atom. The second-order valence-corrected chi connectivity index (χ2v) is 4.50. The molecule has 2 N–H and O–H groups in total. The Morgan fingerprint density at radius 1 is 1.50 bits per heavy atom. The summed E-state index contributed by atoms with van der Waals surface area (Å²) in [6.45, 7) is 3.43. The molecule has 0 aliphatic heterocycles. The third-order valence-electron chi connectivity index (χ3n) is 3.26. The Balaban J connectivity index is 1.99. The van der Waals surface area contributed by atoms with Crippen molar-refractivity contribution < 1.29 is 5.11 Å². The minimum absolute atomic E-state index is 0.141. The van der Waals surface area contributed by atoms with Gasteiger partial charge in [0, 0.05) is 13.2 Å². The molecular formula is C12H19N5O. The average Bonchev–Trinajstić information content (AvgIpc) is 2.85. The first-order valence-electron chi connectivity index (χ1n) is 6.15. The smallest absolute Gasteiger partial charge is 0.221 e. The molecule has 6 nitrogen and oxygen atoms in total. The summed E-state index contributed by atoms with van der Waals surface area (Å²) in [5.41, 5.74) is 0.856. The van der Waals surface area contributed by atoms with E-state index < -0.39 is 0 Å². The Hall–Kier alpha value is -1.69. The van der Waals surface area contributed by atoms with E-state index in [1.54, 1.807) is 13.2 Å². The van der Waals surface area contributed by atoms with Gasteiger partial charge in [-0.1, -0.05) is 0 Å². The van der Waals surface area contributed by atoms with Crippen LogP contribution in [-0.4, -0.2) is 40.7 Å². The largest absolute Gasteiger partial charge is 0.393 e. The van der Waals surface area contributed by atoms with E-state index in [-0.39, 0.29) is 6.10 Å². The Morgan fingerprint density at radius 3 is 2.83 bits per heavy atom. The van der Waals surface area contributed by atoms with Crippen molar-refractivity contribution in [2.75, 3.05) is 12.4 Å². The van der Waals surface area contributed by atoms with Crippen molar-refractivity contribution in [3.8, 4) is 0 Å². The van der Waals surface area contributed by atoms with Crippen LogP contribution in [0.3, 0.4) is 0 Å². The summed E-state index contributed by atoms with van der Waals surface area (Å²) in [7, 11) is 1.66. The second-order valence-electron chi connectivity index (χ2n) is 4.50. The maximum atomic E-state index is 9.48. The van der Waals surface area contributed by atoms with Crippen LogP contribution in [0.15, 0.2) is 22.4 Å². The summed E-state index contributed by atoms with van der Waals surface area (Å²) in [4.78, 5) is 7.69. The normalized spacial score (nSPS) is 24.9. The van der Waals surface area contributed by atoms with Crippen molar-refractivity contribution in [2.45, 2.75) is 37.8 Å². The molecular weight excluding hydrogens is 230 g/mol. The zero-order valence-electron chi connectivity index (χ0n) is 10.6. The zero-order valence-corrected chi connectivity index (χ0v) is 10.6. The van der Waals surface area contributed by atoms with Gasteiger partial charge in [0.2, 0.25) is 5.96 Å². The van der Waals surface area contributed by atoms with E-state index in [0.717, 1.165) is 31.4 Å². The topological polar surface area (TPSA) is 74.8 Å². The maximum absolute atomic E-state index is 9.48. The molecule has 1 aromatic rings. The number of aliphatic imine (C=N–C) groups is 2. The summed E-state index contributed by atoms with van der Waals surface area (Å²) in [5, 5.41) is 16.9. The number of rotatable bonds is 2. The predicted molar refractivity (Wildman–Crippen MR) is 72.3 cm³/mol. The molecule has 1 heterocycles. The number of hydrogen-bond donors (Lipinski definition) is 2. The molecule has 1 aliphatic carbocycles. The molecule has 0 amide bonds. The highest BCUT2D eigenvalue weighted by atomic mass is 16.3. The molecule has 0 aromatic carbocycles. The van der Waals surface area contributed by atoms with E-state index >= 15 is 0 Å². The average molecular weight is 249 g/mol. The molecule has 18 heavy (non-hydrogen) atoms. The lowest BCUT2D eigenvalue weighted by Gasteiger charge is -2.25. The molecule has 0 saturated heterocycles. The zero-order chi connectivity index (χ0) is 13.0. The van der Waals surface area contributed by atoms with E-state index in [4.69, 9.17) is 0 Å². The number of hydrogen-bond acceptors (Lipinski definition) is 3. The lowest BCUT2D eigenvalue weighted by molar-refractivity contribution is 0.108. The fourth-order valence-electron chi connectivity index (χ4n) is 2.22. The van der Waals surface area contributed by atoms with Crippen LogP contribution in [0.1, 0.15) is 31.7 Å². The van der Waals surface area contributed by atoms with Gasteiger partial charge in [0.1, 0.15) is 0 Å². The van der Waals surface area contributed by atoms with Crippen molar-refractivity contribution in [2.24, 2.45) is 9.98 Å². The van der Waals surface area contributed by atoms with Gasteiger partial charge in [-0.3, -0.25) is 9.67 Å². The number of aliphatic hydroxyl groups excluding tert-OH is 1. The molecule has 0 bridgehead atoms. The van der Waals surface area contributed by atoms with Gasteiger partial charge in [-0.25, -0.2) is 4.99 Å². The van der Waals surface area contributed by atoms with Gasteiger partial charge in [0.05, 0.1) is 24.0 Å². The number of aliphatic hydroxyl groups is 1. The van der Waals surface area contributed by atoms with Gasteiger partial charge in [-0.2, -0.15) is 5.10 Å². The van der Waals surface area contributed by atoms with Gasteiger partial charge < -0.3 is 10.4 Å². The van der Waals surface area contributed by atoms with E-state index in [1.807, 2.05) is 10.9 Å². The quantitative estimate of drug-likeness (QED) is 0.615. The molecule has 0 unspecified atom stereocenters. The molecule has 98 valence electrons. The van der Waals surface area contributed by atoms with Crippen LogP contribution in [-0.2, 0) is 0 Å². The van der Waals surface area contributed by atoms with Crippen molar-refractivity contribution in [1.82, 2.24) is 9.78 Å². The third kappa shape index (κ3) is 2.95. The van der Waals surface area contributed by atoms with Crippen molar-refractivity contribution >= 4 is 18.4 Å². The highest BCUT2D eigenvalue weighted by Crippen LogP contribution is 2.28. The van der Waals surface area contributed by atoms with Crippen LogP contribution in [0.4, 0.5) is 5.69 Å². The third-order valence-corrected chi connectivity index (χ3v) is 3.26. The first-order valence-corrected chi connectivity index (χ1v) is 6.15. The highest BCUT2D eigenvalue weighted by molar-refractivity contribution is 5.96. The maximum Gasteiger partial charge on any atom is 0.221 e. The lowest BCUT2D eigenvalue weighted by atomic mass is 9.93. The van der Waals surface area contributed by atoms with Crippen LogP contribution >= 0.6 is 0 Å². The highest BCUT2D eigenvalue weighted by Gasteiger charge is 2.21. The summed E-state index contributed by atoms with van der Waals surface area (Å²) < 4.78 is 1.95. The first kappa shape index (κ1) is 12.8. The van der Waals surface area contributed by atoms with E-state index in [0.29, 0.717) is 12.0 Å². The second kappa shape index (κ2) is 5.77. The minimum atomic E-state index is -0.141. The molecule has 1 aromatic heterocycles. The monoisotopic (exact) mass is 249 g/mol. The minimum Gasteiger partial charge on any atom is -0.393 e. The SMILES string of the molecule is C=N/C(=N\C)Nc1cnn(C2CCC(O)CC2)c1.